The summed E-state index contributed by atoms with van der Waals surface area (Å²) in [5.41, 5.74) is 1.16. The van der Waals surface area contributed by atoms with Gasteiger partial charge in [0.15, 0.2) is 6.10 Å². The van der Waals surface area contributed by atoms with Crippen molar-refractivity contribution in [2.24, 2.45) is 0 Å². The van der Waals surface area contributed by atoms with E-state index in [1.807, 2.05) is 0 Å². The van der Waals surface area contributed by atoms with Crippen molar-refractivity contribution in [3.63, 3.8) is 0 Å². The second-order valence-corrected chi connectivity index (χ2v) is 6.43. The van der Waals surface area contributed by atoms with Gasteiger partial charge < -0.3 is 14.2 Å². The molecule has 1 aliphatic rings. The van der Waals surface area contributed by atoms with Crippen molar-refractivity contribution in [3.05, 3.63) is 34.3 Å². The molecule has 0 N–H and O–H groups in total. The number of carbonyl (C=O) groups excluding carboxylic acids is 2. The van der Waals surface area contributed by atoms with E-state index >= 15 is 0 Å². The van der Waals surface area contributed by atoms with Crippen molar-refractivity contribution in [3.8, 4) is 5.75 Å². The molecule has 0 saturated heterocycles. The summed E-state index contributed by atoms with van der Waals surface area (Å²) in [6, 6.07) is 5.32. The molecular formula is C17H18BrClO5. The molecule has 0 amide bonds. The maximum absolute atomic E-state index is 12.0. The van der Waals surface area contributed by atoms with Crippen molar-refractivity contribution in [1.82, 2.24) is 0 Å². The number of rotatable bonds is 8. The third kappa shape index (κ3) is 4.98. The quantitative estimate of drug-likeness (QED) is 0.366. The Morgan fingerprint density at radius 2 is 2.17 bits per heavy atom. The normalized spacial score (nSPS) is 16.5. The molecule has 0 aliphatic carbocycles. The number of hydrogen-bond acceptors (Lipinski definition) is 5. The Morgan fingerprint density at radius 1 is 1.38 bits per heavy atom. The fraction of sp³-hybridized carbons (Fsp3) is 0.412. The summed E-state index contributed by atoms with van der Waals surface area (Å²) in [4.78, 5) is 23.6. The molecule has 1 atom stereocenters. The topological polar surface area (TPSA) is 61.8 Å². The van der Waals surface area contributed by atoms with Gasteiger partial charge in [-0.05, 0) is 52.5 Å². The minimum absolute atomic E-state index is 0.0201. The van der Waals surface area contributed by atoms with Gasteiger partial charge in [-0.25, -0.2) is 4.79 Å². The number of unbranched alkanes of at least 4 members (excludes halogenated alkanes) is 1. The van der Waals surface area contributed by atoms with Gasteiger partial charge in [-0.3, -0.25) is 4.79 Å². The highest BCUT2D eigenvalue weighted by atomic mass is 79.9. The first-order valence-corrected chi connectivity index (χ1v) is 8.86. The summed E-state index contributed by atoms with van der Waals surface area (Å²) in [6.07, 6.45) is 2.88. The Balaban J connectivity index is 1.95. The van der Waals surface area contributed by atoms with Gasteiger partial charge in [-0.2, -0.15) is 0 Å². The Bertz CT molecular complexity index is 644. The maximum atomic E-state index is 12.0. The second kappa shape index (κ2) is 9.08. The number of cyclic esters (lactones) is 1. The summed E-state index contributed by atoms with van der Waals surface area (Å²) < 4.78 is 16.3. The lowest BCUT2D eigenvalue weighted by atomic mass is 10.1. The largest absolute Gasteiger partial charge is 0.496 e. The lowest BCUT2D eigenvalue weighted by Crippen LogP contribution is -2.18. The van der Waals surface area contributed by atoms with Crippen molar-refractivity contribution >= 4 is 45.0 Å². The predicted octanol–water partition coefficient (Wildman–Crippen LogP) is 3.72. The number of hydrogen-bond donors (Lipinski definition) is 0. The third-order valence-corrected chi connectivity index (χ3v) is 4.35. The van der Waals surface area contributed by atoms with Gasteiger partial charge in [0, 0.05) is 12.3 Å². The van der Waals surface area contributed by atoms with Crippen LogP contribution in [0.15, 0.2) is 28.7 Å². The molecule has 0 bridgehead atoms. The van der Waals surface area contributed by atoms with E-state index in [0.29, 0.717) is 35.6 Å². The van der Waals surface area contributed by atoms with Gasteiger partial charge in [-0.15, -0.1) is 11.6 Å². The van der Waals surface area contributed by atoms with Crippen LogP contribution in [0.3, 0.4) is 0 Å². The van der Waals surface area contributed by atoms with Gasteiger partial charge in [0.25, 0.3) is 0 Å². The number of benzene rings is 1. The lowest BCUT2D eigenvalue weighted by molar-refractivity contribution is -0.151. The Kier molecular flexibility index (Phi) is 7.12. The van der Waals surface area contributed by atoms with Gasteiger partial charge in [-0.1, -0.05) is 6.07 Å². The first-order valence-electron chi connectivity index (χ1n) is 7.53. The molecule has 1 aromatic carbocycles. The van der Waals surface area contributed by atoms with Crippen LogP contribution in [-0.2, 0) is 19.1 Å². The van der Waals surface area contributed by atoms with Crippen LogP contribution in [0.5, 0.6) is 5.75 Å². The summed E-state index contributed by atoms with van der Waals surface area (Å²) in [5.74, 6) is 0.449. The Hall–Kier alpha value is -1.53. The highest BCUT2D eigenvalue weighted by Crippen LogP contribution is 2.31. The van der Waals surface area contributed by atoms with Crippen LogP contribution >= 0.6 is 27.5 Å². The van der Waals surface area contributed by atoms with Crippen LogP contribution in [0, 0.1) is 0 Å². The van der Waals surface area contributed by atoms with E-state index in [-0.39, 0.29) is 12.6 Å². The summed E-state index contributed by atoms with van der Waals surface area (Å²) in [5, 5.41) is 0. The molecule has 130 valence electrons. The highest BCUT2D eigenvalue weighted by molar-refractivity contribution is 9.10. The van der Waals surface area contributed by atoms with E-state index in [9.17, 15) is 9.59 Å². The zero-order chi connectivity index (χ0) is 17.5. The Labute approximate surface area is 154 Å². The van der Waals surface area contributed by atoms with Crippen LogP contribution in [0.25, 0.3) is 5.57 Å². The molecule has 1 heterocycles. The summed E-state index contributed by atoms with van der Waals surface area (Å²) in [6.45, 7) is 0.0201. The average molecular weight is 418 g/mol. The molecule has 0 aromatic heterocycles. The maximum Gasteiger partial charge on any atom is 0.339 e. The molecule has 1 unspecified atom stereocenters. The van der Waals surface area contributed by atoms with E-state index in [1.54, 1.807) is 31.4 Å². The molecule has 0 spiro atoms. The summed E-state index contributed by atoms with van der Waals surface area (Å²) >= 11 is 8.94. The number of methoxy groups -OCH3 is 1. The van der Waals surface area contributed by atoms with E-state index in [2.05, 4.69) is 15.9 Å². The van der Waals surface area contributed by atoms with E-state index in [1.165, 1.54) is 0 Å². The highest BCUT2D eigenvalue weighted by Gasteiger charge is 2.27. The Morgan fingerprint density at radius 3 is 2.83 bits per heavy atom. The predicted molar refractivity (Wildman–Crippen MR) is 94.1 cm³/mol. The smallest absolute Gasteiger partial charge is 0.339 e. The molecular weight excluding hydrogens is 400 g/mol. The van der Waals surface area contributed by atoms with Crippen molar-refractivity contribution in [2.45, 2.75) is 25.4 Å². The average Bonchev–Trinajstić information content (AvgIpc) is 2.94. The zero-order valence-corrected chi connectivity index (χ0v) is 15.6. The monoisotopic (exact) mass is 416 g/mol. The van der Waals surface area contributed by atoms with E-state index in [0.717, 1.165) is 10.9 Å². The van der Waals surface area contributed by atoms with Crippen LogP contribution in [0.2, 0.25) is 0 Å². The molecule has 0 saturated carbocycles. The third-order valence-electron chi connectivity index (χ3n) is 3.47. The van der Waals surface area contributed by atoms with Gasteiger partial charge in [0.2, 0.25) is 0 Å². The van der Waals surface area contributed by atoms with E-state index < -0.39 is 12.1 Å². The van der Waals surface area contributed by atoms with Crippen LogP contribution < -0.4 is 4.74 Å². The number of alkyl halides is 1. The van der Waals surface area contributed by atoms with Crippen molar-refractivity contribution in [1.29, 1.82) is 0 Å². The minimum Gasteiger partial charge on any atom is -0.496 e. The molecule has 2 rings (SSSR count). The van der Waals surface area contributed by atoms with Crippen molar-refractivity contribution in [2.75, 3.05) is 19.6 Å². The molecule has 24 heavy (non-hydrogen) atoms. The van der Waals surface area contributed by atoms with Crippen LogP contribution in [0.4, 0.5) is 0 Å². The van der Waals surface area contributed by atoms with Gasteiger partial charge in [0.1, 0.15) is 12.4 Å². The number of ether oxygens (including phenoxy) is 3. The number of esters is 2. The second-order valence-electron chi connectivity index (χ2n) is 5.20. The standard InChI is InChI=1S/C17H18BrClO5/c1-22-15-6-5-11(8-14(15)18)13-9-12(24-17(13)21)10-23-16(20)4-2-3-7-19/h5-6,8-9,12H,2-4,7,10H2,1H3. The lowest BCUT2D eigenvalue weighted by Gasteiger charge is -2.09. The summed E-state index contributed by atoms with van der Waals surface area (Å²) in [7, 11) is 1.57. The molecule has 1 aliphatic heterocycles. The van der Waals surface area contributed by atoms with Gasteiger partial charge in [0.05, 0.1) is 17.2 Å². The number of halogens is 2. The van der Waals surface area contributed by atoms with E-state index in [4.69, 9.17) is 25.8 Å². The molecule has 5 nitrogen and oxygen atoms in total. The fourth-order valence-electron chi connectivity index (χ4n) is 2.23. The minimum atomic E-state index is -0.564. The molecule has 7 heteroatoms. The van der Waals surface area contributed by atoms with Gasteiger partial charge >= 0.3 is 11.9 Å². The first-order chi connectivity index (χ1) is 11.5. The number of carbonyl (C=O) groups is 2. The SMILES string of the molecule is COc1ccc(C2=CC(COC(=O)CCCCCl)OC2=O)cc1Br. The molecule has 1 aromatic rings. The first kappa shape index (κ1) is 18.8. The molecule has 0 radical (unpaired) electrons. The van der Waals surface area contributed by atoms with Crippen LogP contribution in [0.1, 0.15) is 24.8 Å². The molecule has 0 fully saturated rings. The van der Waals surface area contributed by atoms with Crippen LogP contribution in [-0.4, -0.2) is 37.6 Å². The fourth-order valence-corrected chi connectivity index (χ4v) is 2.96. The zero-order valence-electron chi connectivity index (χ0n) is 13.2. The van der Waals surface area contributed by atoms with Crippen molar-refractivity contribution < 1.29 is 23.8 Å².